The maximum Gasteiger partial charge on any atom is 1.00 e. The van der Waals surface area contributed by atoms with Gasteiger partial charge in [0.1, 0.15) is 10.1 Å². The van der Waals surface area contributed by atoms with Gasteiger partial charge in [0.05, 0.1) is 4.90 Å². The van der Waals surface area contributed by atoms with E-state index < -0.39 is 10.1 Å². The molecule has 0 aliphatic heterocycles. The van der Waals surface area contributed by atoms with Crippen molar-refractivity contribution in [3.05, 3.63) is 29.8 Å². The number of halogens is 1. The van der Waals surface area contributed by atoms with E-state index in [0.29, 0.717) is 6.42 Å². The summed E-state index contributed by atoms with van der Waals surface area (Å²) in [4.78, 5) is -0.205. The molecule has 0 saturated carbocycles. The quantitative estimate of drug-likeness (QED) is 0.386. The fraction of sp³-hybridized carbons (Fsp3) is 0.333. The van der Waals surface area contributed by atoms with Crippen LogP contribution in [0.4, 0.5) is 0 Å². The molecule has 0 aromatic heterocycles. The first-order valence-corrected chi connectivity index (χ1v) is 5.93. The third-order valence-corrected chi connectivity index (χ3v) is 2.73. The Morgan fingerprint density at radius 3 is 2.13 bits per heavy atom. The molecule has 1 atom stereocenters. The minimum absolute atomic E-state index is 0. The Kier molecular flexibility index (Phi) is 6.40. The van der Waals surface area contributed by atoms with Gasteiger partial charge in [-0.2, -0.15) is 0 Å². The molecule has 1 rings (SSSR count). The predicted octanol–water partition coefficient (Wildman–Crippen LogP) is -1.24. The molecule has 1 aromatic carbocycles. The molecule has 0 radical (unpaired) electrons. The zero-order valence-corrected chi connectivity index (χ0v) is 12.2. The van der Waals surface area contributed by atoms with E-state index in [9.17, 15) is 13.0 Å². The van der Waals surface area contributed by atoms with Gasteiger partial charge in [-0.3, -0.25) is 0 Å². The summed E-state index contributed by atoms with van der Waals surface area (Å²) in [5.41, 5.74) is 0.917. The van der Waals surface area contributed by atoms with E-state index in [2.05, 4.69) is 0 Å². The van der Waals surface area contributed by atoms with Crippen LogP contribution in [-0.4, -0.2) is 18.3 Å². The zero-order chi connectivity index (χ0) is 10.8. The topological polar surface area (TPSA) is 57.2 Å². The van der Waals surface area contributed by atoms with Crippen LogP contribution >= 0.6 is 11.6 Å². The summed E-state index contributed by atoms with van der Waals surface area (Å²) in [5, 5.41) is -0.00953. The number of rotatable bonds is 3. The molecule has 6 heteroatoms. The summed E-state index contributed by atoms with van der Waals surface area (Å²) in [6.07, 6.45) is 0.654. The Morgan fingerprint density at radius 2 is 1.80 bits per heavy atom. The average Bonchev–Trinajstić information content (AvgIpc) is 2.02. The Labute approximate surface area is 117 Å². The molecule has 0 heterocycles. The van der Waals surface area contributed by atoms with Crippen LogP contribution in [0.5, 0.6) is 0 Å². The Hall–Kier alpha value is 0.420. The van der Waals surface area contributed by atoms with Crippen molar-refractivity contribution in [1.29, 1.82) is 0 Å². The fourth-order valence-corrected chi connectivity index (χ4v) is 1.76. The number of hydrogen-bond acceptors (Lipinski definition) is 3. The van der Waals surface area contributed by atoms with E-state index in [1.807, 2.05) is 6.92 Å². The first-order chi connectivity index (χ1) is 6.39. The molecule has 3 nitrogen and oxygen atoms in total. The van der Waals surface area contributed by atoms with Crippen LogP contribution in [0.25, 0.3) is 0 Å². The second kappa shape index (κ2) is 6.23. The molecule has 0 spiro atoms. The fourth-order valence-electron chi connectivity index (χ4n) is 1.12. The van der Waals surface area contributed by atoms with Crippen molar-refractivity contribution >= 4 is 21.7 Å². The molecule has 1 unspecified atom stereocenters. The Bertz CT molecular complexity index is 400. The standard InChI is InChI=1S/C9H11ClO3S.Na/c1-7(10)6-8-2-4-9(5-3-8)14(11,12)13;/h2-5,7H,6H2,1H3,(H,11,12,13);/q;+1/p-1. The van der Waals surface area contributed by atoms with E-state index in [1.54, 1.807) is 12.1 Å². The molecule has 0 amide bonds. The molecule has 0 saturated heterocycles. The summed E-state index contributed by atoms with van der Waals surface area (Å²) in [6.45, 7) is 1.85. The number of hydrogen-bond donors (Lipinski definition) is 0. The smallest absolute Gasteiger partial charge is 0.744 e. The minimum atomic E-state index is -4.33. The number of benzene rings is 1. The summed E-state index contributed by atoms with van der Waals surface area (Å²) < 4.78 is 31.8. The maximum atomic E-state index is 10.6. The molecular formula is C9H10ClNaO3S. The number of alkyl halides is 1. The third-order valence-electron chi connectivity index (χ3n) is 1.73. The summed E-state index contributed by atoms with van der Waals surface area (Å²) in [5.74, 6) is 0. The van der Waals surface area contributed by atoms with Crippen LogP contribution in [0.15, 0.2) is 29.2 Å². The van der Waals surface area contributed by atoms with Crippen LogP contribution in [0.2, 0.25) is 0 Å². The molecule has 0 aliphatic rings. The van der Waals surface area contributed by atoms with Gasteiger partial charge in [0.25, 0.3) is 0 Å². The van der Waals surface area contributed by atoms with Gasteiger partial charge in [-0.15, -0.1) is 11.6 Å². The molecule has 0 aliphatic carbocycles. The molecular weight excluding hydrogens is 247 g/mol. The van der Waals surface area contributed by atoms with E-state index >= 15 is 0 Å². The van der Waals surface area contributed by atoms with Crippen LogP contribution < -0.4 is 29.6 Å². The first-order valence-electron chi connectivity index (χ1n) is 4.08. The summed E-state index contributed by atoms with van der Waals surface area (Å²) in [7, 11) is -4.33. The molecule has 15 heavy (non-hydrogen) atoms. The van der Waals surface area contributed by atoms with Crippen LogP contribution in [-0.2, 0) is 16.5 Å². The molecule has 78 valence electrons. The molecule has 0 bridgehead atoms. The van der Waals surface area contributed by atoms with Crippen molar-refractivity contribution in [2.24, 2.45) is 0 Å². The summed E-state index contributed by atoms with van der Waals surface area (Å²) >= 11 is 5.76. The Morgan fingerprint density at radius 1 is 1.33 bits per heavy atom. The molecule has 1 aromatic rings. The predicted molar refractivity (Wildman–Crippen MR) is 53.4 cm³/mol. The van der Waals surface area contributed by atoms with E-state index in [1.165, 1.54) is 12.1 Å². The van der Waals surface area contributed by atoms with Crippen molar-refractivity contribution in [2.45, 2.75) is 23.6 Å². The second-order valence-electron chi connectivity index (χ2n) is 3.08. The largest absolute Gasteiger partial charge is 1.00 e. The van der Waals surface area contributed by atoms with Crippen LogP contribution in [0.3, 0.4) is 0 Å². The van der Waals surface area contributed by atoms with E-state index in [0.717, 1.165) is 5.56 Å². The zero-order valence-electron chi connectivity index (χ0n) is 8.60. The van der Waals surface area contributed by atoms with Gasteiger partial charge in [-0.05, 0) is 31.0 Å². The molecule has 0 N–H and O–H groups in total. The molecule has 0 fully saturated rings. The second-order valence-corrected chi connectivity index (χ2v) is 5.21. The van der Waals surface area contributed by atoms with Gasteiger partial charge >= 0.3 is 29.6 Å². The van der Waals surface area contributed by atoms with Crippen molar-refractivity contribution < 1.29 is 42.5 Å². The van der Waals surface area contributed by atoms with Crippen molar-refractivity contribution in [3.8, 4) is 0 Å². The van der Waals surface area contributed by atoms with Gasteiger partial charge < -0.3 is 4.55 Å². The first kappa shape index (κ1) is 15.4. The van der Waals surface area contributed by atoms with Crippen molar-refractivity contribution in [3.63, 3.8) is 0 Å². The third kappa shape index (κ3) is 5.33. The normalized spacial score (nSPS) is 13.0. The van der Waals surface area contributed by atoms with Crippen molar-refractivity contribution in [2.75, 3.05) is 0 Å². The van der Waals surface area contributed by atoms with E-state index in [4.69, 9.17) is 11.6 Å². The van der Waals surface area contributed by atoms with Gasteiger partial charge in [0.2, 0.25) is 0 Å². The SMILES string of the molecule is CC(Cl)Cc1ccc(S(=O)(=O)[O-])cc1.[Na+]. The monoisotopic (exact) mass is 256 g/mol. The summed E-state index contributed by atoms with van der Waals surface area (Å²) in [6, 6.07) is 5.81. The van der Waals surface area contributed by atoms with Gasteiger partial charge in [-0.1, -0.05) is 12.1 Å². The minimum Gasteiger partial charge on any atom is -0.744 e. The van der Waals surface area contributed by atoms with Gasteiger partial charge in [0.15, 0.2) is 0 Å². The van der Waals surface area contributed by atoms with Crippen LogP contribution in [0, 0.1) is 0 Å². The van der Waals surface area contributed by atoms with Gasteiger partial charge in [-0.25, -0.2) is 8.42 Å². The maximum absolute atomic E-state index is 10.6. The van der Waals surface area contributed by atoms with E-state index in [-0.39, 0.29) is 39.8 Å². The Balaban J connectivity index is 0.00000196. The van der Waals surface area contributed by atoms with Crippen LogP contribution in [0.1, 0.15) is 12.5 Å². The average molecular weight is 257 g/mol. The van der Waals surface area contributed by atoms with Gasteiger partial charge in [0, 0.05) is 5.38 Å². The van der Waals surface area contributed by atoms with Crippen molar-refractivity contribution in [1.82, 2.24) is 0 Å².